The molecule has 0 N–H and O–H groups in total. The Morgan fingerprint density at radius 3 is 2.23 bits per heavy atom. The fourth-order valence-electron chi connectivity index (χ4n) is 7.73. The van der Waals surface area contributed by atoms with Crippen LogP contribution in [0.3, 0.4) is 0 Å². The van der Waals surface area contributed by atoms with Crippen LogP contribution in [0.2, 0.25) is 11.5 Å². The van der Waals surface area contributed by atoms with Crippen molar-refractivity contribution in [3.63, 3.8) is 0 Å². The molecule has 0 saturated carbocycles. The van der Waals surface area contributed by atoms with Crippen molar-refractivity contribution in [2.45, 2.75) is 37.7 Å². The number of aromatic nitrogens is 2. The van der Waals surface area contributed by atoms with E-state index in [2.05, 4.69) is 168 Å². The third-order valence-electron chi connectivity index (χ3n) is 10.3. The molecule has 2 aliphatic rings. The van der Waals surface area contributed by atoms with Gasteiger partial charge in [-0.05, 0) is 11.5 Å². The van der Waals surface area contributed by atoms with Gasteiger partial charge in [-0.15, -0.1) is 0 Å². The molecule has 0 spiro atoms. The van der Waals surface area contributed by atoms with Gasteiger partial charge in [0.25, 0.3) is 0 Å². The fraction of sp³-hybridized carbons (Fsp3) is 0.167. The van der Waals surface area contributed by atoms with Crippen molar-refractivity contribution < 1.29 is 4.74 Å². The molecule has 0 fully saturated rings. The van der Waals surface area contributed by atoms with Gasteiger partial charge in [-0.2, -0.15) is 0 Å². The molecular formula is C42H38GeN4O. The SMILES string of the molecule is CC(C)(C)c1ccnc(-n2c3ccccc3c3ccc(Oc4cc[c]5c(c4)N4CN(c6ccccc6)c6ccc[c](c64)[Ge]5([CH3])[CH3])cc32)c1. The quantitative estimate of drug-likeness (QED) is 0.173. The zero-order valence-electron chi connectivity index (χ0n) is 28.0. The van der Waals surface area contributed by atoms with Gasteiger partial charge in [0.05, 0.1) is 0 Å². The molecule has 0 amide bonds. The van der Waals surface area contributed by atoms with Crippen LogP contribution in [0.15, 0.2) is 128 Å². The van der Waals surface area contributed by atoms with Gasteiger partial charge in [-0.3, -0.25) is 0 Å². The molecular weight excluding hydrogens is 649 g/mol. The Bertz CT molecular complexity index is 2390. The second kappa shape index (κ2) is 10.5. The molecule has 0 aliphatic carbocycles. The number of benzene rings is 5. The minimum atomic E-state index is -2.60. The summed E-state index contributed by atoms with van der Waals surface area (Å²) >= 11 is -2.60. The molecule has 0 radical (unpaired) electrons. The molecule has 0 atom stereocenters. The van der Waals surface area contributed by atoms with Crippen LogP contribution in [-0.4, -0.2) is 29.5 Å². The van der Waals surface area contributed by atoms with Gasteiger partial charge in [-0.1, -0.05) is 20.8 Å². The normalized spacial score (nSPS) is 14.8. The standard InChI is InChI=1S/C42H38GeN4O/c1-42(2,3)28-22-23-44-40(24-28)47-36-16-10-9-14-32(36)33-20-18-30(25-38(33)47)48-31-19-21-34-39(26-31)46-27-45(29-12-7-6-8-13-29)37-17-11-15-35(41(37)46)43(34,4)5/h6-26H,27H2,1-5H3. The van der Waals surface area contributed by atoms with Crippen molar-refractivity contribution in [1.82, 2.24) is 9.55 Å². The first-order valence-electron chi connectivity index (χ1n) is 16.7. The average Bonchev–Trinajstić information content (AvgIpc) is 3.64. The Kier molecular flexibility index (Phi) is 6.38. The minimum absolute atomic E-state index is 0.0182. The van der Waals surface area contributed by atoms with Gasteiger partial charge in [-0.25, -0.2) is 0 Å². The molecule has 6 heteroatoms. The molecule has 7 aromatic rings. The summed E-state index contributed by atoms with van der Waals surface area (Å²) in [6.45, 7) is 7.51. The molecule has 0 saturated heterocycles. The third kappa shape index (κ3) is 4.41. The van der Waals surface area contributed by atoms with Gasteiger partial charge in [0.1, 0.15) is 0 Å². The van der Waals surface area contributed by atoms with Crippen molar-refractivity contribution >= 4 is 66.6 Å². The van der Waals surface area contributed by atoms with Crippen LogP contribution >= 0.6 is 0 Å². The van der Waals surface area contributed by atoms with Crippen LogP contribution in [-0.2, 0) is 5.41 Å². The second-order valence-corrected chi connectivity index (χ2v) is 23.7. The van der Waals surface area contributed by atoms with Crippen LogP contribution in [0, 0.1) is 0 Å². The van der Waals surface area contributed by atoms with Gasteiger partial charge in [0.15, 0.2) is 0 Å². The van der Waals surface area contributed by atoms with E-state index in [0.29, 0.717) is 0 Å². The summed E-state index contributed by atoms with van der Waals surface area (Å²) in [6, 6.07) is 43.8. The summed E-state index contributed by atoms with van der Waals surface area (Å²) in [6.07, 6.45) is 1.93. The number of nitrogens with zero attached hydrogens (tertiary/aromatic N) is 4. The molecule has 0 bridgehead atoms. The van der Waals surface area contributed by atoms with E-state index in [1.165, 1.54) is 47.9 Å². The second-order valence-electron chi connectivity index (χ2n) is 14.6. The molecule has 4 heterocycles. The molecule has 2 aromatic heterocycles. The first-order chi connectivity index (χ1) is 23.2. The number of para-hydroxylation sites is 3. The average molecular weight is 687 g/mol. The topological polar surface area (TPSA) is 33.5 Å². The number of hydrogen-bond acceptors (Lipinski definition) is 4. The van der Waals surface area contributed by atoms with E-state index in [4.69, 9.17) is 9.72 Å². The summed E-state index contributed by atoms with van der Waals surface area (Å²) in [4.78, 5) is 9.80. The molecule has 2 aliphatic heterocycles. The number of anilines is 4. The summed E-state index contributed by atoms with van der Waals surface area (Å²) in [5.41, 5.74) is 8.63. The number of ether oxygens (including phenoxy) is 1. The van der Waals surface area contributed by atoms with E-state index >= 15 is 0 Å². The van der Waals surface area contributed by atoms with E-state index in [0.717, 1.165) is 35.0 Å². The van der Waals surface area contributed by atoms with E-state index in [9.17, 15) is 0 Å². The van der Waals surface area contributed by atoms with Crippen molar-refractivity contribution in [2.24, 2.45) is 0 Å². The van der Waals surface area contributed by atoms with Crippen LogP contribution < -0.4 is 23.3 Å². The zero-order chi connectivity index (χ0) is 32.8. The predicted molar refractivity (Wildman–Crippen MR) is 203 cm³/mol. The summed E-state index contributed by atoms with van der Waals surface area (Å²) in [5.74, 6) is 7.62. The van der Waals surface area contributed by atoms with E-state index in [1.807, 2.05) is 6.20 Å². The number of hydrogen-bond donors (Lipinski definition) is 0. The molecule has 5 nitrogen and oxygen atoms in total. The Balaban J connectivity index is 1.14. The number of pyridine rings is 1. The van der Waals surface area contributed by atoms with Crippen molar-refractivity contribution in [2.75, 3.05) is 16.5 Å². The van der Waals surface area contributed by atoms with E-state index < -0.39 is 13.3 Å². The van der Waals surface area contributed by atoms with Gasteiger partial charge in [0.2, 0.25) is 0 Å². The Morgan fingerprint density at radius 1 is 0.646 bits per heavy atom. The van der Waals surface area contributed by atoms with Crippen LogP contribution in [0.25, 0.3) is 27.6 Å². The van der Waals surface area contributed by atoms with Crippen LogP contribution in [0.4, 0.5) is 22.7 Å². The van der Waals surface area contributed by atoms with Crippen molar-refractivity contribution in [3.8, 4) is 17.3 Å². The Morgan fingerprint density at radius 2 is 1.40 bits per heavy atom. The van der Waals surface area contributed by atoms with Gasteiger partial charge >= 0.3 is 253 Å². The Hall–Kier alpha value is -5.01. The molecule has 48 heavy (non-hydrogen) atoms. The molecule has 9 rings (SSSR count). The van der Waals surface area contributed by atoms with E-state index in [-0.39, 0.29) is 5.41 Å². The third-order valence-corrected chi connectivity index (χ3v) is 17.6. The van der Waals surface area contributed by atoms with Gasteiger partial charge < -0.3 is 0 Å². The maximum absolute atomic E-state index is 6.74. The zero-order valence-corrected chi connectivity index (χ0v) is 30.1. The van der Waals surface area contributed by atoms with E-state index in [1.54, 1.807) is 0 Å². The fourth-order valence-corrected chi connectivity index (χ4v) is 14.0. The first-order valence-corrected chi connectivity index (χ1v) is 23.0. The number of rotatable bonds is 4. The maximum atomic E-state index is 6.74. The van der Waals surface area contributed by atoms with Gasteiger partial charge in [0, 0.05) is 0 Å². The molecule has 0 unspecified atom stereocenters. The van der Waals surface area contributed by atoms with Crippen molar-refractivity contribution in [1.29, 1.82) is 0 Å². The summed E-state index contributed by atoms with van der Waals surface area (Å²) < 4.78 is 12.0. The first kappa shape index (κ1) is 29.2. The summed E-state index contributed by atoms with van der Waals surface area (Å²) in [5, 5.41) is 2.39. The molecule has 236 valence electrons. The monoisotopic (exact) mass is 688 g/mol. The Labute approximate surface area is 284 Å². The van der Waals surface area contributed by atoms with Crippen LogP contribution in [0.5, 0.6) is 11.5 Å². The number of fused-ring (bicyclic) bond motifs is 5. The van der Waals surface area contributed by atoms with Crippen molar-refractivity contribution in [3.05, 3.63) is 133 Å². The predicted octanol–water partition coefficient (Wildman–Crippen LogP) is 9.65. The molecule has 5 aromatic carbocycles. The van der Waals surface area contributed by atoms with Crippen LogP contribution in [0.1, 0.15) is 26.3 Å². The summed E-state index contributed by atoms with van der Waals surface area (Å²) in [7, 11) is 0.